The SMILES string of the molecule is C[C@H]1[C@@H](CSc2nnnn2-c2ccc(O)cc2)O[C@@H](c2ccc(CN3C(=O)CC(NC(=O)OCc4ccccc4)C3=O)cc2)O[C@H]1c1ccc(CO)cc1. The van der Waals surface area contributed by atoms with Crippen molar-refractivity contribution in [2.45, 2.75) is 62.8 Å². The molecule has 3 heterocycles. The van der Waals surface area contributed by atoms with Gasteiger partial charge in [0, 0.05) is 17.2 Å². The molecule has 54 heavy (non-hydrogen) atoms. The molecule has 5 atom stereocenters. The number of alkyl carbamates (subject to hydrolysis) is 1. The van der Waals surface area contributed by atoms with E-state index in [1.54, 1.807) is 28.9 Å². The Morgan fingerprint density at radius 3 is 2.33 bits per heavy atom. The standard InChI is InChI=1S/C39H38N6O8S/c1-24-33(23-54-38-41-42-43-45(38)30-15-17-31(47)18-16-30)52-37(53-35(24)28-11-9-26(21-46)10-12-28)29-13-7-25(8-14-29)20-44-34(48)19-32(36(44)49)40-39(50)51-22-27-5-3-2-4-6-27/h2-18,24,32-33,35,37,46-47H,19-23H2,1H3,(H,40,50)/t24-,32?,33+,35+,37+/m0/s1. The van der Waals surface area contributed by atoms with E-state index in [2.05, 4.69) is 27.8 Å². The summed E-state index contributed by atoms with van der Waals surface area (Å²) in [5, 5.41) is 34.6. The number of benzene rings is 4. The smallest absolute Gasteiger partial charge is 0.408 e. The molecule has 5 aromatic rings. The van der Waals surface area contributed by atoms with Crippen molar-refractivity contribution < 1.29 is 38.8 Å². The molecule has 3 amide bonds. The fourth-order valence-electron chi connectivity index (χ4n) is 6.32. The average molecular weight is 751 g/mol. The Labute approximate surface area is 315 Å². The molecule has 2 fully saturated rings. The normalized spacial score (nSPS) is 21.3. The van der Waals surface area contributed by atoms with Crippen molar-refractivity contribution in [2.75, 3.05) is 5.75 Å². The first-order valence-electron chi connectivity index (χ1n) is 17.4. The quantitative estimate of drug-likeness (QED) is 0.115. The minimum atomic E-state index is -1.00. The summed E-state index contributed by atoms with van der Waals surface area (Å²) in [7, 11) is 0. The predicted molar refractivity (Wildman–Crippen MR) is 195 cm³/mol. The summed E-state index contributed by atoms with van der Waals surface area (Å²) < 4.78 is 20.0. The summed E-state index contributed by atoms with van der Waals surface area (Å²) in [4.78, 5) is 39.5. The number of aromatic hydroxyl groups is 1. The largest absolute Gasteiger partial charge is 0.508 e. The zero-order valence-corrected chi connectivity index (χ0v) is 30.0. The molecule has 0 bridgehead atoms. The predicted octanol–water partition coefficient (Wildman–Crippen LogP) is 5.00. The second-order valence-electron chi connectivity index (χ2n) is 13.0. The lowest BCUT2D eigenvalue weighted by molar-refractivity contribution is -0.268. The fourth-order valence-corrected chi connectivity index (χ4v) is 7.38. The number of aromatic nitrogens is 4. The van der Waals surface area contributed by atoms with Gasteiger partial charge in [0.25, 0.3) is 5.91 Å². The number of amides is 3. The zero-order valence-electron chi connectivity index (χ0n) is 29.2. The minimum absolute atomic E-state index is 0.0352. The van der Waals surface area contributed by atoms with Crippen molar-refractivity contribution in [2.24, 2.45) is 5.92 Å². The highest BCUT2D eigenvalue weighted by atomic mass is 32.2. The van der Waals surface area contributed by atoms with Crippen LogP contribution in [-0.4, -0.2) is 71.1 Å². The molecular formula is C39H38N6O8S. The number of tetrazole rings is 1. The highest BCUT2D eigenvalue weighted by Gasteiger charge is 2.41. The van der Waals surface area contributed by atoms with Crippen LogP contribution < -0.4 is 5.32 Å². The molecule has 0 saturated carbocycles. The number of ether oxygens (including phenoxy) is 3. The fraction of sp³-hybridized carbons (Fsp3) is 0.282. The highest BCUT2D eigenvalue weighted by molar-refractivity contribution is 7.99. The van der Waals surface area contributed by atoms with E-state index in [9.17, 15) is 24.6 Å². The van der Waals surface area contributed by atoms with Gasteiger partial charge in [-0.15, -0.1) is 5.10 Å². The van der Waals surface area contributed by atoms with E-state index in [1.807, 2.05) is 78.9 Å². The monoisotopic (exact) mass is 750 g/mol. The number of hydrogen-bond acceptors (Lipinski definition) is 12. The van der Waals surface area contributed by atoms with Gasteiger partial charge in [0.1, 0.15) is 18.4 Å². The number of phenolic OH excluding ortho intramolecular Hbond substituents is 1. The van der Waals surface area contributed by atoms with E-state index < -0.39 is 30.2 Å². The molecule has 1 aromatic heterocycles. The van der Waals surface area contributed by atoms with E-state index in [4.69, 9.17) is 14.2 Å². The van der Waals surface area contributed by atoms with Gasteiger partial charge in [0.15, 0.2) is 6.29 Å². The first kappa shape index (κ1) is 36.7. The summed E-state index contributed by atoms with van der Waals surface area (Å²) in [6.45, 7) is 2.07. The maximum Gasteiger partial charge on any atom is 0.408 e. The van der Waals surface area contributed by atoms with Crippen molar-refractivity contribution >= 4 is 29.7 Å². The van der Waals surface area contributed by atoms with Crippen molar-refractivity contribution in [3.8, 4) is 11.4 Å². The number of carbonyl (C=O) groups excluding carboxylic acids is 3. The van der Waals surface area contributed by atoms with Gasteiger partial charge in [0.2, 0.25) is 11.1 Å². The van der Waals surface area contributed by atoms with Gasteiger partial charge in [-0.25, -0.2) is 4.79 Å². The molecule has 0 aliphatic carbocycles. The number of phenols is 1. The Morgan fingerprint density at radius 2 is 1.61 bits per heavy atom. The zero-order chi connectivity index (χ0) is 37.6. The first-order chi connectivity index (χ1) is 26.2. The van der Waals surface area contributed by atoms with Crippen molar-refractivity contribution in [1.82, 2.24) is 30.4 Å². The second kappa shape index (κ2) is 16.6. The lowest BCUT2D eigenvalue weighted by Crippen LogP contribution is -2.41. The van der Waals surface area contributed by atoms with Crippen LogP contribution in [-0.2, 0) is 43.6 Å². The molecular weight excluding hydrogens is 713 g/mol. The van der Waals surface area contributed by atoms with Gasteiger partial charge in [-0.1, -0.05) is 97.5 Å². The number of nitrogens with one attached hydrogen (secondary N) is 1. The third kappa shape index (κ3) is 8.44. The van der Waals surface area contributed by atoms with Crippen molar-refractivity contribution in [3.63, 3.8) is 0 Å². The Balaban J connectivity index is 1.02. The highest BCUT2D eigenvalue weighted by Crippen LogP contribution is 2.43. The Hall–Kier alpha value is -5.61. The number of aliphatic hydroxyl groups excluding tert-OH is 1. The Bertz CT molecular complexity index is 2060. The number of aliphatic hydroxyl groups is 1. The van der Waals surface area contributed by atoms with Gasteiger partial charge < -0.3 is 29.7 Å². The van der Waals surface area contributed by atoms with Gasteiger partial charge in [-0.2, -0.15) is 4.68 Å². The molecule has 2 aliphatic heterocycles. The molecule has 0 radical (unpaired) electrons. The third-order valence-corrected chi connectivity index (χ3v) is 10.4. The molecule has 3 N–H and O–H groups in total. The van der Waals surface area contributed by atoms with Crippen LogP contribution in [0.2, 0.25) is 0 Å². The molecule has 7 rings (SSSR count). The maximum absolute atomic E-state index is 13.1. The summed E-state index contributed by atoms with van der Waals surface area (Å²) >= 11 is 1.44. The van der Waals surface area contributed by atoms with Crippen LogP contribution in [0.1, 0.15) is 53.6 Å². The van der Waals surface area contributed by atoms with Crippen LogP contribution in [0.4, 0.5) is 4.79 Å². The number of carbonyl (C=O) groups is 3. The van der Waals surface area contributed by atoms with E-state index in [0.29, 0.717) is 22.2 Å². The molecule has 2 saturated heterocycles. The van der Waals surface area contributed by atoms with Crippen LogP contribution in [0, 0.1) is 5.92 Å². The van der Waals surface area contributed by atoms with Gasteiger partial charge in [-0.3, -0.25) is 14.5 Å². The molecule has 15 heteroatoms. The topological polar surface area (TPSA) is 178 Å². The number of nitrogens with zero attached hydrogens (tertiary/aromatic N) is 5. The molecule has 0 spiro atoms. The van der Waals surface area contributed by atoms with Crippen LogP contribution in [0.3, 0.4) is 0 Å². The van der Waals surface area contributed by atoms with Crippen LogP contribution >= 0.6 is 11.8 Å². The number of imide groups is 1. The molecule has 14 nitrogen and oxygen atoms in total. The maximum atomic E-state index is 13.1. The van der Waals surface area contributed by atoms with Gasteiger partial charge in [-0.05, 0) is 56.9 Å². The summed E-state index contributed by atoms with van der Waals surface area (Å²) in [5.74, 6) is -0.342. The van der Waals surface area contributed by atoms with Gasteiger partial charge >= 0.3 is 6.09 Å². The average Bonchev–Trinajstić information content (AvgIpc) is 3.77. The van der Waals surface area contributed by atoms with E-state index in [0.717, 1.165) is 27.2 Å². The lowest BCUT2D eigenvalue weighted by Gasteiger charge is -2.41. The van der Waals surface area contributed by atoms with Crippen LogP contribution in [0.15, 0.2) is 108 Å². The molecule has 278 valence electrons. The summed E-state index contributed by atoms with van der Waals surface area (Å²) in [6.07, 6.45) is -2.32. The van der Waals surface area contributed by atoms with E-state index in [1.165, 1.54) is 11.8 Å². The third-order valence-electron chi connectivity index (χ3n) is 9.38. The van der Waals surface area contributed by atoms with Crippen LogP contribution in [0.5, 0.6) is 5.75 Å². The second-order valence-corrected chi connectivity index (χ2v) is 14.0. The minimum Gasteiger partial charge on any atom is -0.508 e. The van der Waals surface area contributed by atoms with Crippen LogP contribution in [0.25, 0.3) is 5.69 Å². The Morgan fingerprint density at radius 1 is 0.907 bits per heavy atom. The molecule has 2 aliphatic rings. The number of thioether (sulfide) groups is 1. The number of likely N-dealkylation sites (tertiary alicyclic amines) is 1. The molecule has 1 unspecified atom stereocenters. The Kier molecular flexibility index (Phi) is 11.3. The lowest BCUT2D eigenvalue weighted by atomic mass is 9.91. The summed E-state index contributed by atoms with van der Waals surface area (Å²) in [5.41, 5.74) is 4.68. The first-order valence-corrected chi connectivity index (χ1v) is 18.4. The van der Waals surface area contributed by atoms with E-state index >= 15 is 0 Å². The van der Waals surface area contributed by atoms with Gasteiger partial charge in [0.05, 0.1) is 37.5 Å². The number of rotatable bonds is 12. The van der Waals surface area contributed by atoms with Crippen molar-refractivity contribution in [3.05, 3.63) is 131 Å². The number of hydrogen-bond donors (Lipinski definition) is 3. The van der Waals surface area contributed by atoms with E-state index in [-0.39, 0.29) is 50.1 Å². The molecule has 4 aromatic carbocycles. The summed E-state index contributed by atoms with van der Waals surface area (Å²) in [6, 6.07) is 29.7. The van der Waals surface area contributed by atoms with Crippen molar-refractivity contribution in [1.29, 1.82) is 0 Å².